The lowest BCUT2D eigenvalue weighted by atomic mass is 10.0. The first-order valence-corrected chi connectivity index (χ1v) is 9.00. The third-order valence-corrected chi connectivity index (χ3v) is 4.58. The standard InChI is InChI=1S/C18H27ClN2O3.ClH/c1-5-9-24-17-15(19)10-14(11-16(17)23-6-2)18(22)21-8-7-20-12(3)13(21)4;/h10-13,20H,5-9H2,1-4H3;1H. The van der Waals surface area contributed by atoms with Gasteiger partial charge in [-0.1, -0.05) is 18.5 Å². The molecule has 1 heterocycles. The van der Waals surface area contributed by atoms with Crippen LogP contribution in [0.5, 0.6) is 11.5 Å². The first-order chi connectivity index (χ1) is 11.5. The van der Waals surface area contributed by atoms with Crippen LogP contribution in [0.25, 0.3) is 0 Å². The number of hydrogen-bond donors (Lipinski definition) is 1. The van der Waals surface area contributed by atoms with E-state index in [0.29, 0.717) is 41.8 Å². The van der Waals surface area contributed by atoms with E-state index < -0.39 is 0 Å². The van der Waals surface area contributed by atoms with Crippen molar-refractivity contribution < 1.29 is 14.3 Å². The monoisotopic (exact) mass is 390 g/mol. The number of amides is 1. The van der Waals surface area contributed by atoms with Crippen LogP contribution in [0.3, 0.4) is 0 Å². The van der Waals surface area contributed by atoms with Crippen LogP contribution < -0.4 is 14.8 Å². The normalized spacial score (nSPS) is 20.0. The molecule has 5 nitrogen and oxygen atoms in total. The van der Waals surface area contributed by atoms with Crippen molar-refractivity contribution in [2.24, 2.45) is 0 Å². The van der Waals surface area contributed by atoms with Crippen molar-refractivity contribution in [3.63, 3.8) is 0 Å². The number of benzene rings is 1. The molecule has 1 N–H and O–H groups in total. The summed E-state index contributed by atoms with van der Waals surface area (Å²) in [7, 11) is 0. The van der Waals surface area contributed by atoms with Gasteiger partial charge in [0.2, 0.25) is 0 Å². The summed E-state index contributed by atoms with van der Waals surface area (Å²) in [4.78, 5) is 14.8. The molecule has 0 aromatic heterocycles. The number of ether oxygens (including phenoxy) is 2. The van der Waals surface area contributed by atoms with E-state index in [0.717, 1.165) is 13.0 Å². The maximum atomic E-state index is 12.9. The number of nitrogens with one attached hydrogen (secondary N) is 1. The van der Waals surface area contributed by atoms with Crippen LogP contribution in [0.4, 0.5) is 0 Å². The quantitative estimate of drug-likeness (QED) is 0.802. The second-order valence-electron chi connectivity index (χ2n) is 6.05. The molecule has 2 unspecified atom stereocenters. The Labute approximate surface area is 161 Å². The van der Waals surface area contributed by atoms with Gasteiger partial charge in [0.1, 0.15) is 0 Å². The molecular weight excluding hydrogens is 363 g/mol. The number of carbonyl (C=O) groups excluding carboxylic acids is 1. The van der Waals surface area contributed by atoms with Crippen LogP contribution in [-0.4, -0.2) is 49.2 Å². The maximum Gasteiger partial charge on any atom is 0.254 e. The highest BCUT2D eigenvalue weighted by molar-refractivity contribution is 6.32. The first-order valence-electron chi connectivity index (χ1n) is 8.63. The molecule has 0 radical (unpaired) electrons. The van der Waals surface area contributed by atoms with Crippen molar-refractivity contribution in [3.05, 3.63) is 22.7 Å². The molecule has 25 heavy (non-hydrogen) atoms. The molecule has 2 atom stereocenters. The van der Waals surface area contributed by atoms with E-state index in [4.69, 9.17) is 21.1 Å². The molecule has 0 spiro atoms. The number of nitrogens with zero attached hydrogens (tertiary/aromatic N) is 1. The maximum absolute atomic E-state index is 12.9. The van der Waals surface area contributed by atoms with Gasteiger partial charge in [-0.3, -0.25) is 4.79 Å². The fraction of sp³-hybridized carbons (Fsp3) is 0.611. The number of rotatable bonds is 6. The molecule has 7 heteroatoms. The van der Waals surface area contributed by atoms with E-state index in [-0.39, 0.29) is 30.4 Å². The highest BCUT2D eigenvalue weighted by atomic mass is 35.5. The molecule has 0 saturated carbocycles. The Bertz CT molecular complexity index is 584. The molecule has 1 aromatic carbocycles. The molecule has 142 valence electrons. The van der Waals surface area contributed by atoms with Crippen molar-refractivity contribution in [3.8, 4) is 11.5 Å². The van der Waals surface area contributed by atoms with Crippen molar-refractivity contribution >= 4 is 29.9 Å². The van der Waals surface area contributed by atoms with Crippen LogP contribution in [0.15, 0.2) is 12.1 Å². The van der Waals surface area contributed by atoms with E-state index in [1.165, 1.54) is 0 Å². The second kappa shape index (κ2) is 10.1. The van der Waals surface area contributed by atoms with E-state index in [9.17, 15) is 4.79 Å². The molecule has 1 fully saturated rings. The summed E-state index contributed by atoms with van der Waals surface area (Å²) in [6.07, 6.45) is 0.874. The van der Waals surface area contributed by atoms with E-state index in [1.807, 2.05) is 18.7 Å². The number of carbonyl (C=O) groups is 1. The molecule has 1 amide bonds. The smallest absolute Gasteiger partial charge is 0.254 e. The summed E-state index contributed by atoms with van der Waals surface area (Å²) < 4.78 is 11.3. The van der Waals surface area contributed by atoms with Crippen molar-refractivity contribution in [1.29, 1.82) is 0 Å². The molecule has 1 aromatic rings. The van der Waals surface area contributed by atoms with Gasteiger partial charge in [0.05, 0.1) is 18.2 Å². The number of hydrogen-bond acceptors (Lipinski definition) is 4. The van der Waals surface area contributed by atoms with Gasteiger partial charge in [-0.25, -0.2) is 0 Å². The van der Waals surface area contributed by atoms with Gasteiger partial charge in [-0.2, -0.15) is 0 Å². The third kappa shape index (κ3) is 5.16. The number of piperazine rings is 1. The Hall–Kier alpha value is -1.17. The highest BCUT2D eigenvalue weighted by Crippen LogP contribution is 2.37. The topological polar surface area (TPSA) is 50.8 Å². The van der Waals surface area contributed by atoms with Crippen molar-refractivity contribution in [1.82, 2.24) is 10.2 Å². The highest BCUT2D eigenvalue weighted by Gasteiger charge is 2.29. The van der Waals surface area contributed by atoms with Crippen LogP contribution >= 0.6 is 24.0 Å². The lowest BCUT2D eigenvalue weighted by molar-refractivity contribution is 0.0602. The zero-order valence-corrected chi connectivity index (χ0v) is 16.9. The average Bonchev–Trinajstić information content (AvgIpc) is 2.56. The summed E-state index contributed by atoms with van der Waals surface area (Å²) in [6.45, 7) is 10.6. The predicted molar refractivity (Wildman–Crippen MR) is 104 cm³/mol. The minimum absolute atomic E-state index is 0. The van der Waals surface area contributed by atoms with Crippen LogP contribution in [-0.2, 0) is 0 Å². The molecule has 0 aliphatic carbocycles. The first kappa shape index (κ1) is 21.9. The SMILES string of the molecule is CCCOc1c(Cl)cc(C(=O)N2CCNC(C)C2C)cc1OCC.Cl. The van der Waals surface area contributed by atoms with Gasteiger partial charge in [0.25, 0.3) is 5.91 Å². The Morgan fingerprint density at radius 2 is 2.04 bits per heavy atom. The van der Waals surface area contributed by atoms with Gasteiger partial charge in [0, 0.05) is 30.7 Å². The van der Waals surface area contributed by atoms with Gasteiger partial charge < -0.3 is 19.7 Å². The fourth-order valence-electron chi connectivity index (χ4n) is 2.81. The number of halogens is 2. The third-order valence-electron chi connectivity index (χ3n) is 4.30. The Balaban J connectivity index is 0.00000312. The zero-order valence-electron chi connectivity index (χ0n) is 15.3. The molecule has 1 aliphatic rings. The van der Waals surface area contributed by atoms with Gasteiger partial charge in [-0.15, -0.1) is 12.4 Å². The Morgan fingerprint density at radius 1 is 1.32 bits per heavy atom. The van der Waals surface area contributed by atoms with E-state index >= 15 is 0 Å². The van der Waals surface area contributed by atoms with Gasteiger partial charge in [0.15, 0.2) is 11.5 Å². The molecular formula is C18H28Cl2N2O3. The van der Waals surface area contributed by atoms with Crippen molar-refractivity contribution in [2.45, 2.75) is 46.2 Å². The summed E-state index contributed by atoms with van der Waals surface area (Å²) in [6, 6.07) is 3.80. The molecule has 0 bridgehead atoms. The molecule has 1 aliphatic heterocycles. The Kier molecular flexibility index (Phi) is 8.83. The van der Waals surface area contributed by atoms with E-state index in [1.54, 1.807) is 12.1 Å². The van der Waals surface area contributed by atoms with E-state index in [2.05, 4.69) is 19.2 Å². The lowest BCUT2D eigenvalue weighted by Crippen LogP contribution is -2.57. The average molecular weight is 391 g/mol. The largest absolute Gasteiger partial charge is 0.490 e. The van der Waals surface area contributed by atoms with Gasteiger partial charge >= 0.3 is 0 Å². The van der Waals surface area contributed by atoms with Crippen molar-refractivity contribution in [2.75, 3.05) is 26.3 Å². The van der Waals surface area contributed by atoms with Crippen LogP contribution in [0.2, 0.25) is 5.02 Å². The molecule has 1 saturated heterocycles. The minimum atomic E-state index is -0.0271. The minimum Gasteiger partial charge on any atom is -0.490 e. The summed E-state index contributed by atoms with van der Waals surface area (Å²) in [5, 5.41) is 3.79. The zero-order chi connectivity index (χ0) is 17.7. The second-order valence-corrected chi connectivity index (χ2v) is 6.46. The Morgan fingerprint density at radius 3 is 2.68 bits per heavy atom. The summed E-state index contributed by atoms with van der Waals surface area (Å²) in [5.74, 6) is 1.01. The summed E-state index contributed by atoms with van der Waals surface area (Å²) in [5.41, 5.74) is 0.535. The fourth-order valence-corrected chi connectivity index (χ4v) is 3.07. The molecule has 2 rings (SSSR count). The lowest BCUT2D eigenvalue weighted by Gasteiger charge is -2.38. The van der Waals surface area contributed by atoms with Crippen LogP contribution in [0, 0.1) is 0 Å². The van der Waals surface area contributed by atoms with Crippen LogP contribution in [0.1, 0.15) is 44.5 Å². The predicted octanol–water partition coefficient (Wildman–Crippen LogP) is 3.77. The van der Waals surface area contributed by atoms with Gasteiger partial charge in [-0.05, 0) is 39.3 Å². The summed E-state index contributed by atoms with van der Waals surface area (Å²) >= 11 is 6.37.